The third kappa shape index (κ3) is 2.08. The molecule has 1 aromatic heterocycles. The van der Waals surface area contributed by atoms with Crippen LogP contribution in [0.3, 0.4) is 0 Å². The Morgan fingerprint density at radius 2 is 2.23 bits per heavy atom. The zero-order chi connectivity index (χ0) is 9.84. The van der Waals surface area contributed by atoms with Gasteiger partial charge in [-0.3, -0.25) is 9.78 Å². The number of aromatic amines is 1. The van der Waals surface area contributed by atoms with E-state index in [4.69, 9.17) is 11.5 Å². The van der Waals surface area contributed by atoms with Crippen LogP contribution in [0.15, 0.2) is 17.4 Å². The van der Waals surface area contributed by atoms with Crippen LogP contribution < -0.4 is 17.0 Å². The molecule has 0 saturated heterocycles. The molecule has 1 aromatic rings. The monoisotopic (exact) mass is 180 g/mol. The van der Waals surface area contributed by atoms with Crippen LogP contribution in [-0.2, 0) is 6.42 Å². The van der Waals surface area contributed by atoms with E-state index in [1.54, 1.807) is 6.08 Å². The van der Waals surface area contributed by atoms with Crippen molar-refractivity contribution in [3.05, 3.63) is 28.6 Å². The standard InChI is InChI=1S/C8H12N4O/c1-2-3-4-5-6(9)11-8(10)12-7(5)13/h2H,1,3-4H2,(H5,9,10,11,12,13). The number of nitrogens with zero attached hydrogens (tertiary/aromatic N) is 1. The van der Waals surface area contributed by atoms with Crippen molar-refractivity contribution in [1.82, 2.24) is 9.97 Å². The predicted molar refractivity (Wildman–Crippen MR) is 52.2 cm³/mol. The Hall–Kier alpha value is -1.78. The molecule has 13 heavy (non-hydrogen) atoms. The highest BCUT2D eigenvalue weighted by molar-refractivity contribution is 5.41. The fraction of sp³-hybridized carbons (Fsp3) is 0.250. The van der Waals surface area contributed by atoms with Crippen LogP contribution in [0.1, 0.15) is 12.0 Å². The lowest BCUT2D eigenvalue weighted by Crippen LogP contribution is -2.19. The zero-order valence-corrected chi connectivity index (χ0v) is 7.21. The third-order valence-corrected chi connectivity index (χ3v) is 1.66. The number of allylic oxidation sites excluding steroid dienone is 1. The van der Waals surface area contributed by atoms with E-state index in [2.05, 4.69) is 16.5 Å². The molecule has 0 aliphatic heterocycles. The highest BCUT2D eigenvalue weighted by Crippen LogP contribution is 2.05. The summed E-state index contributed by atoms with van der Waals surface area (Å²) in [5.41, 5.74) is 11.0. The fourth-order valence-corrected chi connectivity index (χ4v) is 1.02. The van der Waals surface area contributed by atoms with Crippen molar-refractivity contribution >= 4 is 11.8 Å². The van der Waals surface area contributed by atoms with Gasteiger partial charge in [-0.25, -0.2) is 0 Å². The van der Waals surface area contributed by atoms with Crippen molar-refractivity contribution in [2.45, 2.75) is 12.8 Å². The van der Waals surface area contributed by atoms with Gasteiger partial charge in [-0.2, -0.15) is 4.98 Å². The predicted octanol–water partition coefficient (Wildman–Crippen LogP) is 0.0529. The average Bonchev–Trinajstić information content (AvgIpc) is 2.02. The smallest absolute Gasteiger partial charge is 0.257 e. The Labute approximate surface area is 75.5 Å². The summed E-state index contributed by atoms with van der Waals surface area (Å²) in [7, 11) is 0. The van der Waals surface area contributed by atoms with Crippen LogP contribution in [0.4, 0.5) is 11.8 Å². The van der Waals surface area contributed by atoms with Crippen LogP contribution in [0.2, 0.25) is 0 Å². The Kier molecular flexibility index (Phi) is 2.69. The lowest BCUT2D eigenvalue weighted by atomic mass is 10.2. The van der Waals surface area contributed by atoms with Gasteiger partial charge in [0, 0.05) is 0 Å². The van der Waals surface area contributed by atoms with E-state index in [-0.39, 0.29) is 17.3 Å². The minimum atomic E-state index is -0.271. The summed E-state index contributed by atoms with van der Waals surface area (Å²) in [6.45, 7) is 3.55. The summed E-state index contributed by atoms with van der Waals surface area (Å²) in [5, 5.41) is 0. The molecule has 70 valence electrons. The molecule has 5 heteroatoms. The van der Waals surface area contributed by atoms with Crippen LogP contribution in [0.5, 0.6) is 0 Å². The molecular formula is C8H12N4O. The summed E-state index contributed by atoms with van der Waals surface area (Å²) >= 11 is 0. The molecule has 0 atom stereocenters. The highest BCUT2D eigenvalue weighted by Gasteiger charge is 2.05. The largest absolute Gasteiger partial charge is 0.383 e. The zero-order valence-electron chi connectivity index (χ0n) is 7.21. The van der Waals surface area contributed by atoms with Gasteiger partial charge in [0.2, 0.25) is 5.95 Å². The van der Waals surface area contributed by atoms with Gasteiger partial charge in [0.05, 0.1) is 5.56 Å². The molecule has 0 bridgehead atoms. The minimum absolute atomic E-state index is 0.0462. The quantitative estimate of drug-likeness (QED) is 0.572. The number of hydrogen-bond acceptors (Lipinski definition) is 4. The van der Waals surface area contributed by atoms with E-state index in [1.807, 2.05) is 0 Å². The van der Waals surface area contributed by atoms with Crippen molar-refractivity contribution in [2.75, 3.05) is 11.5 Å². The van der Waals surface area contributed by atoms with Crippen molar-refractivity contribution in [2.24, 2.45) is 0 Å². The second-order valence-electron chi connectivity index (χ2n) is 2.64. The summed E-state index contributed by atoms with van der Waals surface area (Å²) < 4.78 is 0. The molecule has 0 spiro atoms. The summed E-state index contributed by atoms with van der Waals surface area (Å²) in [6, 6.07) is 0. The first-order valence-electron chi connectivity index (χ1n) is 3.90. The summed E-state index contributed by atoms with van der Waals surface area (Å²) in [6.07, 6.45) is 2.95. The van der Waals surface area contributed by atoms with Gasteiger partial charge < -0.3 is 11.5 Å². The molecule has 5 nitrogen and oxygen atoms in total. The topological polar surface area (TPSA) is 97.8 Å². The first-order valence-corrected chi connectivity index (χ1v) is 3.90. The number of nitrogen functional groups attached to an aromatic ring is 2. The number of nitrogens with two attached hydrogens (primary N) is 2. The maximum absolute atomic E-state index is 11.3. The van der Waals surface area contributed by atoms with Crippen LogP contribution in [-0.4, -0.2) is 9.97 Å². The van der Waals surface area contributed by atoms with Crippen LogP contribution in [0.25, 0.3) is 0 Å². The maximum atomic E-state index is 11.3. The molecular weight excluding hydrogens is 168 g/mol. The molecule has 0 aromatic carbocycles. The van der Waals surface area contributed by atoms with Gasteiger partial charge in [-0.1, -0.05) is 6.08 Å². The van der Waals surface area contributed by atoms with Gasteiger partial charge in [0.25, 0.3) is 5.56 Å². The van der Waals surface area contributed by atoms with Gasteiger partial charge in [-0.15, -0.1) is 6.58 Å². The molecule has 0 unspecified atom stereocenters. The Morgan fingerprint density at radius 3 is 2.77 bits per heavy atom. The van der Waals surface area contributed by atoms with E-state index in [0.29, 0.717) is 18.4 Å². The van der Waals surface area contributed by atoms with Gasteiger partial charge in [-0.05, 0) is 12.8 Å². The number of nitrogens with one attached hydrogen (secondary N) is 1. The highest BCUT2D eigenvalue weighted by atomic mass is 16.1. The molecule has 0 saturated carbocycles. The number of H-pyrrole nitrogens is 1. The number of hydrogen-bond donors (Lipinski definition) is 3. The number of rotatable bonds is 3. The van der Waals surface area contributed by atoms with E-state index in [0.717, 1.165) is 0 Å². The molecule has 1 rings (SSSR count). The van der Waals surface area contributed by atoms with Crippen LogP contribution in [0, 0.1) is 0 Å². The van der Waals surface area contributed by atoms with E-state index in [9.17, 15) is 4.79 Å². The molecule has 0 fully saturated rings. The van der Waals surface area contributed by atoms with Crippen molar-refractivity contribution < 1.29 is 0 Å². The van der Waals surface area contributed by atoms with E-state index in [1.165, 1.54) is 0 Å². The minimum Gasteiger partial charge on any atom is -0.383 e. The van der Waals surface area contributed by atoms with Gasteiger partial charge >= 0.3 is 0 Å². The molecule has 0 radical (unpaired) electrons. The normalized spacial score (nSPS) is 9.85. The second-order valence-corrected chi connectivity index (χ2v) is 2.64. The molecule has 1 heterocycles. The van der Waals surface area contributed by atoms with E-state index >= 15 is 0 Å². The number of anilines is 2. The fourth-order valence-electron chi connectivity index (χ4n) is 1.02. The van der Waals surface area contributed by atoms with Crippen molar-refractivity contribution in [3.63, 3.8) is 0 Å². The molecule has 0 aliphatic carbocycles. The van der Waals surface area contributed by atoms with Crippen LogP contribution >= 0.6 is 0 Å². The molecule has 0 aliphatic rings. The van der Waals surface area contributed by atoms with Gasteiger partial charge in [0.1, 0.15) is 5.82 Å². The van der Waals surface area contributed by atoms with Gasteiger partial charge in [0.15, 0.2) is 0 Å². The lowest BCUT2D eigenvalue weighted by Gasteiger charge is -2.02. The Morgan fingerprint density at radius 1 is 1.54 bits per heavy atom. The Bertz CT molecular complexity index is 369. The lowest BCUT2D eigenvalue weighted by molar-refractivity contribution is 0.952. The van der Waals surface area contributed by atoms with Crippen molar-refractivity contribution in [3.8, 4) is 0 Å². The Balaban J connectivity index is 3.06. The van der Waals surface area contributed by atoms with Crippen molar-refractivity contribution in [1.29, 1.82) is 0 Å². The summed E-state index contributed by atoms with van der Waals surface area (Å²) in [5.74, 6) is 0.243. The average molecular weight is 180 g/mol. The summed E-state index contributed by atoms with van der Waals surface area (Å²) in [4.78, 5) is 17.4. The first kappa shape index (κ1) is 9.31. The third-order valence-electron chi connectivity index (χ3n) is 1.66. The molecule has 5 N–H and O–H groups in total. The molecule has 0 amide bonds. The maximum Gasteiger partial charge on any atom is 0.257 e. The van der Waals surface area contributed by atoms with E-state index < -0.39 is 0 Å². The number of aromatic nitrogens is 2. The first-order chi connectivity index (χ1) is 6.15. The second kappa shape index (κ2) is 3.75. The SMILES string of the molecule is C=CCCc1c(N)nc(N)[nH]c1=O.